The topological polar surface area (TPSA) is 49.4 Å². The van der Waals surface area contributed by atoms with Gasteiger partial charge in [-0.1, -0.05) is 35.9 Å². The van der Waals surface area contributed by atoms with Crippen LogP contribution in [-0.4, -0.2) is 33.0 Å². The molecular weight excluding hydrogens is 447 g/mol. The third-order valence-electron chi connectivity index (χ3n) is 5.25. The number of aryl methyl sites for hydroxylation is 1. The van der Waals surface area contributed by atoms with Crippen LogP contribution in [-0.2, 0) is 23.0 Å². The lowest BCUT2D eigenvalue weighted by atomic mass is 10.00. The fourth-order valence-corrected chi connectivity index (χ4v) is 6.78. The Morgan fingerprint density at radius 3 is 2.72 bits per heavy atom. The summed E-state index contributed by atoms with van der Waals surface area (Å²) in [5.41, 5.74) is 3.58. The maximum atomic E-state index is 12.8. The van der Waals surface area contributed by atoms with Crippen LogP contribution in [0.1, 0.15) is 23.1 Å². The van der Waals surface area contributed by atoms with Crippen LogP contribution in [0.3, 0.4) is 0 Å². The largest absolute Gasteiger partial charge is 0.299 e. The van der Waals surface area contributed by atoms with Crippen molar-refractivity contribution >= 4 is 55.5 Å². The lowest BCUT2D eigenvalue weighted by molar-refractivity contribution is 0.251. The molecule has 29 heavy (non-hydrogen) atoms. The quantitative estimate of drug-likeness (QED) is 0.514. The zero-order valence-corrected chi connectivity index (χ0v) is 19.4. The molecule has 0 radical (unpaired) electrons. The van der Waals surface area contributed by atoms with Gasteiger partial charge in [-0.25, -0.2) is 13.1 Å². The van der Waals surface area contributed by atoms with Crippen LogP contribution in [0, 0.1) is 6.92 Å². The summed E-state index contributed by atoms with van der Waals surface area (Å²) < 4.78 is 29.6. The van der Waals surface area contributed by atoms with E-state index in [1.54, 1.807) is 6.07 Å². The van der Waals surface area contributed by atoms with E-state index in [0.29, 0.717) is 15.8 Å². The summed E-state index contributed by atoms with van der Waals surface area (Å²) in [6.07, 6.45) is 1.85. The first-order valence-electron chi connectivity index (χ1n) is 9.41. The zero-order chi connectivity index (χ0) is 19.7. The van der Waals surface area contributed by atoms with E-state index in [4.69, 9.17) is 11.6 Å². The number of fused-ring (bicyclic) bond motifs is 2. The first-order chi connectivity index (χ1) is 13.4. The summed E-state index contributed by atoms with van der Waals surface area (Å²) in [6.45, 7) is 5.14. The molecule has 0 amide bonds. The molecule has 3 aromatic rings. The maximum Gasteiger partial charge on any atom is 0.250 e. The molecule has 1 aliphatic heterocycles. The molecular formula is C21H24Cl2N2O2S2. The van der Waals surface area contributed by atoms with E-state index in [1.165, 1.54) is 22.5 Å². The van der Waals surface area contributed by atoms with Gasteiger partial charge >= 0.3 is 0 Å². The van der Waals surface area contributed by atoms with Crippen molar-refractivity contribution in [3.05, 3.63) is 64.2 Å². The number of thiophene rings is 1. The van der Waals surface area contributed by atoms with Crippen LogP contribution in [0.2, 0.25) is 5.02 Å². The molecule has 1 aliphatic rings. The van der Waals surface area contributed by atoms with Gasteiger partial charge in [0.1, 0.15) is 4.21 Å². The van der Waals surface area contributed by atoms with E-state index in [1.807, 2.05) is 19.1 Å². The number of nitrogens with zero attached hydrogens (tertiary/aromatic N) is 1. The molecule has 1 N–H and O–H groups in total. The van der Waals surface area contributed by atoms with Gasteiger partial charge in [0.15, 0.2) is 0 Å². The first kappa shape index (κ1) is 22.5. The van der Waals surface area contributed by atoms with E-state index in [-0.39, 0.29) is 12.4 Å². The Morgan fingerprint density at radius 2 is 1.93 bits per heavy atom. The van der Waals surface area contributed by atoms with Gasteiger partial charge in [0.25, 0.3) is 0 Å². The minimum Gasteiger partial charge on any atom is -0.299 e. The molecule has 8 heteroatoms. The molecule has 0 unspecified atom stereocenters. The second kappa shape index (κ2) is 9.33. The minimum absolute atomic E-state index is 0. The van der Waals surface area contributed by atoms with E-state index < -0.39 is 10.0 Å². The summed E-state index contributed by atoms with van der Waals surface area (Å²) in [7, 11) is -3.51. The van der Waals surface area contributed by atoms with Crippen molar-refractivity contribution in [3.63, 3.8) is 0 Å². The molecule has 0 saturated carbocycles. The van der Waals surface area contributed by atoms with Gasteiger partial charge in [-0.05, 0) is 66.6 Å². The van der Waals surface area contributed by atoms with Crippen molar-refractivity contribution in [2.75, 3.05) is 19.6 Å². The van der Waals surface area contributed by atoms with Gasteiger partial charge in [-0.15, -0.1) is 23.7 Å². The molecule has 4 rings (SSSR count). The van der Waals surface area contributed by atoms with Gasteiger partial charge in [0, 0.05) is 29.4 Å². The molecule has 0 atom stereocenters. The Labute approximate surface area is 187 Å². The maximum absolute atomic E-state index is 12.8. The first-order valence-corrected chi connectivity index (χ1v) is 12.1. The van der Waals surface area contributed by atoms with Crippen LogP contribution < -0.4 is 4.72 Å². The summed E-state index contributed by atoms with van der Waals surface area (Å²) in [5.74, 6) is 0. The molecule has 4 nitrogen and oxygen atoms in total. The minimum atomic E-state index is -3.51. The molecule has 0 spiro atoms. The SMILES string of the molecule is Cc1c(S(=O)(=O)NCCCN2CCc3ccccc3C2)sc2ccc(Cl)cc12.Cl. The molecule has 2 aromatic carbocycles. The number of hydrogen-bond acceptors (Lipinski definition) is 4. The van der Waals surface area contributed by atoms with Crippen LogP contribution in [0.4, 0.5) is 0 Å². The van der Waals surface area contributed by atoms with Crippen LogP contribution in [0.5, 0.6) is 0 Å². The Kier molecular flexibility index (Phi) is 7.25. The van der Waals surface area contributed by atoms with Crippen molar-refractivity contribution in [2.45, 2.75) is 30.5 Å². The van der Waals surface area contributed by atoms with Crippen molar-refractivity contribution in [2.24, 2.45) is 0 Å². The highest BCUT2D eigenvalue weighted by atomic mass is 35.5. The monoisotopic (exact) mass is 470 g/mol. The van der Waals surface area contributed by atoms with E-state index in [9.17, 15) is 8.42 Å². The number of halogens is 2. The van der Waals surface area contributed by atoms with Gasteiger partial charge in [-0.3, -0.25) is 4.90 Å². The molecule has 0 aliphatic carbocycles. The predicted octanol–water partition coefficient (Wildman–Crippen LogP) is 5.01. The Morgan fingerprint density at radius 1 is 1.17 bits per heavy atom. The average molecular weight is 471 g/mol. The molecule has 0 saturated heterocycles. The summed E-state index contributed by atoms with van der Waals surface area (Å²) in [4.78, 5) is 2.39. The highest BCUT2D eigenvalue weighted by Crippen LogP contribution is 2.35. The van der Waals surface area contributed by atoms with E-state index in [0.717, 1.165) is 48.1 Å². The third kappa shape index (κ3) is 4.95. The second-order valence-electron chi connectivity index (χ2n) is 7.20. The standard InChI is InChI=1S/C21H23ClN2O2S2.ClH/c1-15-19-13-18(22)7-8-20(19)27-21(15)28(25,26)23-10-4-11-24-12-9-16-5-2-3-6-17(16)14-24;/h2-3,5-8,13,23H,4,9-12,14H2,1H3;1H. The summed E-state index contributed by atoms with van der Waals surface area (Å²) >= 11 is 7.36. The van der Waals surface area contributed by atoms with E-state index in [2.05, 4.69) is 33.9 Å². The van der Waals surface area contributed by atoms with Gasteiger partial charge < -0.3 is 0 Å². The molecule has 2 heterocycles. The van der Waals surface area contributed by atoms with Crippen LogP contribution in [0.25, 0.3) is 10.1 Å². The lowest BCUT2D eigenvalue weighted by Crippen LogP contribution is -2.33. The van der Waals surface area contributed by atoms with Crippen molar-refractivity contribution in [1.29, 1.82) is 0 Å². The lowest BCUT2D eigenvalue weighted by Gasteiger charge is -2.28. The fourth-order valence-electron chi connectivity index (χ4n) is 3.75. The highest BCUT2D eigenvalue weighted by molar-refractivity contribution is 7.91. The predicted molar refractivity (Wildman–Crippen MR) is 124 cm³/mol. The zero-order valence-electron chi connectivity index (χ0n) is 16.2. The summed E-state index contributed by atoms with van der Waals surface area (Å²) in [5, 5.41) is 1.53. The number of hydrogen-bond donors (Lipinski definition) is 1. The smallest absolute Gasteiger partial charge is 0.250 e. The number of nitrogens with one attached hydrogen (secondary N) is 1. The number of benzene rings is 2. The third-order valence-corrected chi connectivity index (χ3v) is 8.84. The Hall–Kier alpha value is -1.15. The molecule has 0 bridgehead atoms. The Balaban J connectivity index is 0.00000240. The average Bonchev–Trinajstić information content (AvgIpc) is 3.02. The van der Waals surface area contributed by atoms with E-state index >= 15 is 0 Å². The second-order valence-corrected chi connectivity index (χ2v) is 10.7. The van der Waals surface area contributed by atoms with Crippen molar-refractivity contribution < 1.29 is 8.42 Å². The number of sulfonamides is 1. The van der Waals surface area contributed by atoms with Gasteiger partial charge in [0.2, 0.25) is 10.0 Å². The highest BCUT2D eigenvalue weighted by Gasteiger charge is 2.22. The van der Waals surface area contributed by atoms with Crippen LogP contribution in [0.15, 0.2) is 46.7 Å². The number of rotatable bonds is 6. The van der Waals surface area contributed by atoms with Gasteiger partial charge in [0.05, 0.1) is 0 Å². The van der Waals surface area contributed by atoms with Crippen LogP contribution >= 0.6 is 35.3 Å². The van der Waals surface area contributed by atoms with Crippen molar-refractivity contribution in [1.82, 2.24) is 9.62 Å². The summed E-state index contributed by atoms with van der Waals surface area (Å²) in [6, 6.07) is 14.0. The van der Waals surface area contributed by atoms with Crippen molar-refractivity contribution in [3.8, 4) is 0 Å². The molecule has 1 aromatic heterocycles. The Bertz CT molecular complexity index is 1110. The normalized spacial score (nSPS) is 14.6. The fraction of sp³-hybridized carbons (Fsp3) is 0.333. The van der Waals surface area contributed by atoms with Gasteiger partial charge in [-0.2, -0.15) is 0 Å². The molecule has 156 valence electrons. The molecule has 0 fully saturated rings.